The molecule has 0 unspecified atom stereocenters. The molecule has 1 heterocycles. The molecule has 1 N–H and O–H groups in total. The number of nitrogens with zero attached hydrogens (tertiary/aromatic N) is 3. The van der Waals surface area contributed by atoms with Crippen LogP contribution in [-0.4, -0.2) is 29.1 Å². The van der Waals surface area contributed by atoms with Crippen molar-refractivity contribution in [2.75, 3.05) is 13.7 Å². The van der Waals surface area contributed by atoms with Gasteiger partial charge in [0, 0.05) is 35.5 Å². The van der Waals surface area contributed by atoms with Crippen LogP contribution in [0.25, 0.3) is 6.08 Å². The van der Waals surface area contributed by atoms with E-state index in [2.05, 4.69) is 26.2 Å². The van der Waals surface area contributed by atoms with Gasteiger partial charge in [-0.2, -0.15) is 5.26 Å². The predicted octanol–water partition coefficient (Wildman–Crippen LogP) is 2.77. The second-order valence-corrected chi connectivity index (χ2v) is 5.88. The highest BCUT2D eigenvalue weighted by Crippen LogP contribution is 2.25. The fourth-order valence-corrected chi connectivity index (χ4v) is 2.48. The van der Waals surface area contributed by atoms with E-state index in [4.69, 9.17) is 4.74 Å². The molecule has 6 nitrogen and oxygen atoms in total. The first kappa shape index (κ1) is 17.8. The number of aryl methyl sites for hydroxylation is 1. The van der Waals surface area contributed by atoms with Gasteiger partial charge in [0.2, 0.25) is 0 Å². The number of benzene rings is 1. The van der Waals surface area contributed by atoms with Crippen molar-refractivity contribution in [1.82, 2.24) is 14.9 Å². The third-order valence-electron chi connectivity index (χ3n) is 3.29. The number of carbonyl (C=O) groups excluding carboxylic acids is 1. The molecular weight excluding hydrogens is 372 g/mol. The Labute approximate surface area is 148 Å². The van der Waals surface area contributed by atoms with E-state index in [0.717, 1.165) is 17.4 Å². The molecule has 0 radical (unpaired) electrons. The van der Waals surface area contributed by atoms with Gasteiger partial charge >= 0.3 is 0 Å². The van der Waals surface area contributed by atoms with Crippen molar-refractivity contribution >= 4 is 27.9 Å². The van der Waals surface area contributed by atoms with Crippen molar-refractivity contribution < 1.29 is 9.53 Å². The van der Waals surface area contributed by atoms with E-state index in [-0.39, 0.29) is 5.57 Å². The van der Waals surface area contributed by atoms with Crippen molar-refractivity contribution in [3.8, 4) is 11.8 Å². The maximum absolute atomic E-state index is 12.2. The second-order valence-electron chi connectivity index (χ2n) is 4.97. The number of aromatic nitrogens is 2. The first-order chi connectivity index (χ1) is 11.6. The minimum Gasteiger partial charge on any atom is -0.496 e. The molecule has 0 aliphatic rings. The van der Waals surface area contributed by atoms with Crippen molar-refractivity contribution in [1.29, 1.82) is 5.26 Å². The van der Waals surface area contributed by atoms with Gasteiger partial charge < -0.3 is 14.6 Å². The number of amides is 1. The van der Waals surface area contributed by atoms with Gasteiger partial charge in [-0.15, -0.1) is 0 Å². The number of hydrogen-bond donors (Lipinski definition) is 1. The van der Waals surface area contributed by atoms with E-state index in [9.17, 15) is 10.1 Å². The Morgan fingerprint density at radius 1 is 1.54 bits per heavy atom. The van der Waals surface area contributed by atoms with Crippen LogP contribution < -0.4 is 10.1 Å². The minimum atomic E-state index is -0.398. The monoisotopic (exact) mass is 388 g/mol. The quantitative estimate of drug-likeness (QED) is 0.449. The molecule has 0 saturated heterocycles. The molecule has 0 bridgehead atoms. The Morgan fingerprint density at radius 3 is 3.04 bits per heavy atom. The Hall–Kier alpha value is -2.59. The summed E-state index contributed by atoms with van der Waals surface area (Å²) in [5, 5.41) is 12.0. The largest absolute Gasteiger partial charge is 0.496 e. The predicted molar refractivity (Wildman–Crippen MR) is 94.1 cm³/mol. The van der Waals surface area contributed by atoms with Crippen LogP contribution in [0.5, 0.6) is 5.75 Å². The number of rotatable bonds is 7. The molecule has 2 rings (SSSR count). The lowest BCUT2D eigenvalue weighted by atomic mass is 10.1. The standard InChI is InChI=1S/C17H17BrN4O2/c1-24-16-4-3-15(18)10-13(16)9-14(11-19)17(23)21-5-2-7-22-8-6-20-12-22/h3-4,6,8-10,12H,2,5,7H2,1H3,(H,21,23). The molecule has 2 aromatic rings. The van der Waals surface area contributed by atoms with Crippen molar-refractivity contribution in [2.24, 2.45) is 0 Å². The normalized spacial score (nSPS) is 11.0. The number of hydrogen-bond acceptors (Lipinski definition) is 4. The average Bonchev–Trinajstić information content (AvgIpc) is 3.10. The molecule has 24 heavy (non-hydrogen) atoms. The molecule has 1 amide bonds. The lowest BCUT2D eigenvalue weighted by Gasteiger charge is -2.07. The molecule has 0 atom stereocenters. The lowest BCUT2D eigenvalue weighted by molar-refractivity contribution is -0.117. The summed E-state index contributed by atoms with van der Waals surface area (Å²) in [6.07, 6.45) is 7.57. The Balaban J connectivity index is 1.98. The zero-order valence-electron chi connectivity index (χ0n) is 13.2. The van der Waals surface area contributed by atoms with Gasteiger partial charge in [-0.25, -0.2) is 4.98 Å². The Bertz CT molecular complexity index is 763. The number of carbonyl (C=O) groups is 1. The molecule has 0 aliphatic heterocycles. The van der Waals surface area contributed by atoms with Gasteiger partial charge in [0.15, 0.2) is 0 Å². The second kappa shape index (κ2) is 8.89. The highest BCUT2D eigenvalue weighted by Gasteiger charge is 2.10. The first-order valence-corrected chi connectivity index (χ1v) is 8.12. The summed E-state index contributed by atoms with van der Waals surface area (Å²) in [5.41, 5.74) is 0.700. The van der Waals surface area contributed by atoms with Crippen molar-refractivity contribution in [2.45, 2.75) is 13.0 Å². The maximum atomic E-state index is 12.2. The lowest BCUT2D eigenvalue weighted by Crippen LogP contribution is -2.26. The summed E-state index contributed by atoms with van der Waals surface area (Å²) in [6, 6.07) is 7.34. The van der Waals surface area contributed by atoms with Gasteiger partial charge in [-0.1, -0.05) is 15.9 Å². The summed E-state index contributed by atoms with van der Waals surface area (Å²) in [5.74, 6) is 0.198. The molecule has 1 aromatic carbocycles. The van der Waals surface area contributed by atoms with Crippen LogP contribution in [0.3, 0.4) is 0 Å². The highest BCUT2D eigenvalue weighted by atomic mass is 79.9. The topological polar surface area (TPSA) is 79.9 Å². The number of ether oxygens (including phenoxy) is 1. The number of halogens is 1. The maximum Gasteiger partial charge on any atom is 0.261 e. The van der Waals surface area contributed by atoms with E-state index in [1.165, 1.54) is 6.08 Å². The zero-order chi connectivity index (χ0) is 17.4. The molecule has 0 spiro atoms. The van der Waals surface area contributed by atoms with Gasteiger partial charge in [0.25, 0.3) is 5.91 Å². The van der Waals surface area contributed by atoms with Crippen LogP contribution >= 0.6 is 15.9 Å². The zero-order valence-corrected chi connectivity index (χ0v) is 14.8. The van der Waals surface area contributed by atoms with E-state index in [1.54, 1.807) is 31.8 Å². The summed E-state index contributed by atoms with van der Waals surface area (Å²) < 4.78 is 8.02. The van der Waals surface area contributed by atoms with Crippen molar-refractivity contribution in [3.63, 3.8) is 0 Å². The van der Waals surface area contributed by atoms with E-state index in [0.29, 0.717) is 17.9 Å². The smallest absolute Gasteiger partial charge is 0.261 e. The summed E-state index contributed by atoms with van der Waals surface area (Å²) in [6.45, 7) is 1.23. The average molecular weight is 389 g/mol. The van der Waals surface area contributed by atoms with Gasteiger partial charge in [0.05, 0.1) is 13.4 Å². The molecule has 0 fully saturated rings. The third-order valence-corrected chi connectivity index (χ3v) is 3.79. The van der Waals surface area contributed by atoms with Crippen LogP contribution in [0.1, 0.15) is 12.0 Å². The van der Waals surface area contributed by atoms with E-state index in [1.807, 2.05) is 22.9 Å². The number of methoxy groups -OCH3 is 1. The van der Waals surface area contributed by atoms with Crippen LogP contribution in [-0.2, 0) is 11.3 Å². The first-order valence-electron chi connectivity index (χ1n) is 7.33. The fraction of sp³-hybridized carbons (Fsp3) is 0.235. The summed E-state index contributed by atoms with van der Waals surface area (Å²) >= 11 is 3.37. The van der Waals surface area contributed by atoms with E-state index >= 15 is 0 Å². The number of imidazole rings is 1. The highest BCUT2D eigenvalue weighted by molar-refractivity contribution is 9.10. The van der Waals surface area contributed by atoms with Crippen LogP contribution in [0.15, 0.2) is 47.0 Å². The molecule has 0 aliphatic carbocycles. The van der Waals surface area contributed by atoms with E-state index < -0.39 is 5.91 Å². The Kier molecular flexibility index (Phi) is 6.58. The van der Waals surface area contributed by atoms with Gasteiger partial charge in [-0.3, -0.25) is 4.79 Å². The third kappa shape index (κ3) is 4.96. The Morgan fingerprint density at radius 2 is 2.38 bits per heavy atom. The van der Waals surface area contributed by atoms with Gasteiger partial charge in [0.1, 0.15) is 17.4 Å². The van der Waals surface area contributed by atoms with Gasteiger partial charge in [-0.05, 0) is 30.7 Å². The summed E-state index contributed by atoms with van der Waals surface area (Å²) in [4.78, 5) is 16.1. The van der Waals surface area contributed by atoms with Crippen LogP contribution in [0.2, 0.25) is 0 Å². The number of nitriles is 1. The van der Waals surface area contributed by atoms with Crippen LogP contribution in [0.4, 0.5) is 0 Å². The number of nitrogens with one attached hydrogen (secondary N) is 1. The molecular formula is C17H17BrN4O2. The summed E-state index contributed by atoms with van der Waals surface area (Å²) in [7, 11) is 1.54. The molecule has 0 saturated carbocycles. The minimum absolute atomic E-state index is 0.0361. The SMILES string of the molecule is COc1ccc(Br)cc1C=C(C#N)C(=O)NCCCn1ccnc1. The molecule has 1 aromatic heterocycles. The molecule has 7 heteroatoms. The molecule has 124 valence electrons. The van der Waals surface area contributed by atoms with Crippen LogP contribution in [0, 0.1) is 11.3 Å². The van der Waals surface area contributed by atoms with Crippen molar-refractivity contribution in [3.05, 3.63) is 52.5 Å². The fourth-order valence-electron chi connectivity index (χ4n) is 2.10.